The molecule has 0 radical (unpaired) electrons. The van der Waals surface area contributed by atoms with Gasteiger partial charge in [0.1, 0.15) is 0 Å². The number of carbonyl (C=O) groups excluding carboxylic acids is 1. The van der Waals surface area contributed by atoms with E-state index in [-0.39, 0.29) is 5.78 Å². The first-order valence-corrected chi connectivity index (χ1v) is 6.87. The average Bonchev–Trinajstić information content (AvgIpc) is 2.90. The molecule has 0 saturated heterocycles. The van der Waals surface area contributed by atoms with Gasteiger partial charge in [0.05, 0.1) is 0 Å². The minimum atomic E-state index is 0.127. The quantitative estimate of drug-likeness (QED) is 0.759. The van der Waals surface area contributed by atoms with E-state index in [0.717, 1.165) is 23.7 Å². The van der Waals surface area contributed by atoms with Crippen molar-refractivity contribution in [3.05, 3.63) is 29.8 Å². The number of carbonyl (C=O) groups is 1. The smallest absolute Gasteiger partial charge is 0.164 e. The molecular weight excluding hydrogens is 224 g/mol. The predicted molar refractivity (Wildman–Crippen MR) is 74.9 cm³/mol. The van der Waals surface area contributed by atoms with E-state index < -0.39 is 0 Å². The number of Topliss-reactive ketones (excluding diaryl/α,β-unsaturated/α-hetero) is 1. The third kappa shape index (κ3) is 3.57. The van der Waals surface area contributed by atoms with Crippen LogP contribution in [0.1, 0.15) is 42.5 Å². The Labute approximate surface area is 109 Å². The van der Waals surface area contributed by atoms with E-state index in [0.29, 0.717) is 13.0 Å². The third-order valence-electron chi connectivity index (χ3n) is 3.63. The maximum atomic E-state index is 11.7. The first-order chi connectivity index (χ1) is 8.79. The van der Waals surface area contributed by atoms with Gasteiger partial charge in [-0.25, -0.2) is 0 Å². The molecule has 0 atom stereocenters. The summed E-state index contributed by atoms with van der Waals surface area (Å²) >= 11 is 0. The summed E-state index contributed by atoms with van der Waals surface area (Å²) in [6.45, 7) is 1.44. The summed E-state index contributed by atoms with van der Waals surface area (Å²) in [5, 5.41) is 3.44. The van der Waals surface area contributed by atoms with Crippen LogP contribution in [0, 0.1) is 5.92 Å². The van der Waals surface area contributed by atoms with Gasteiger partial charge in [-0.1, -0.05) is 25.0 Å². The topological polar surface area (TPSA) is 55.1 Å². The normalized spacial score (nSPS) is 15.8. The first-order valence-electron chi connectivity index (χ1n) is 6.87. The number of ketones is 1. The van der Waals surface area contributed by atoms with Crippen LogP contribution in [-0.4, -0.2) is 18.9 Å². The van der Waals surface area contributed by atoms with Crippen LogP contribution >= 0.6 is 0 Å². The van der Waals surface area contributed by atoms with Gasteiger partial charge < -0.3 is 11.1 Å². The van der Waals surface area contributed by atoms with Crippen LogP contribution in [0.2, 0.25) is 0 Å². The highest BCUT2D eigenvalue weighted by molar-refractivity contribution is 5.97. The van der Waals surface area contributed by atoms with Crippen molar-refractivity contribution in [3.63, 3.8) is 0 Å². The van der Waals surface area contributed by atoms with Gasteiger partial charge in [-0.2, -0.15) is 0 Å². The van der Waals surface area contributed by atoms with Crippen LogP contribution in [-0.2, 0) is 0 Å². The van der Waals surface area contributed by atoms with Gasteiger partial charge in [0.2, 0.25) is 0 Å². The van der Waals surface area contributed by atoms with Gasteiger partial charge in [-0.3, -0.25) is 4.79 Å². The fourth-order valence-corrected chi connectivity index (χ4v) is 2.55. The molecule has 0 bridgehead atoms. The number of nitrogens with one attached hydrogen (secondary N) is 1. The molecule has 0 unspecified atom stereocenters. The second kappa shape index (κ2) is 6.55. The number of hydrogen-bond acceptors (Lipinski definition) is 3. The van der Waals surface area contributed by atoms with Crippen molar-refractivity contribution in [1.82, 2.24) is 0 Å². The summed E-state index contributed by atoms with van der Waals surface area (Å²) in [6.07, 6.45) is 5.81. The second-order valence-corrected chi connectivity index (χ2v) is 5.07. The molecule has 3 nitrogen and oxygen atoms in total. The number of anilines is 1. The Kier molecular flexibility index (Phi) is 4.76. The van der Waals surface area contributed by atoms with Crippen molar-refractivity contribution in [2.45, 2.75) is 32.1 Å². The van der Waals surface area contributed by atoms with Crippen molar-refractivity contribution in [2.75, 3.05) is 18.4 Å². The fraction of sp³-hybridized carbons (Fsp3) is 0.533. The van der Waals surface area contributed by atoms with E-state index in [9.17, 15) is 4.79 Å². The van der Waals surface area contributed by atoms with Crippen molar-refractivity contribution in [3.8, 4) is 0 Å². The summed E-state index contributed by atoms with van der Waals surface area (Å²) in [6, 6.07) is 7.75. The van der Waals surface area contributed by atoms with Gasteiger partial charge in [0.15, 0.2) is 5.78 Å². The highest BCUT2D eigenvalue weighted by Crippen LogP contribution is 2.25. The van der Waals surface area contributed by atoms with Crippen molar-refractivity contribution >= 4 is 11.5 Å². The predicted octanol–water partition coefficient (Wildman–Crippen LogP) is 2.82. The second-order valence-electron chi connectivity index (χ2n) is 5.07. The summed E-state index contributed by atoms with van der Waals surface area (Å²) in [5.74, 6) is 0.926. The number of hydrogen-bond donors (Lipinski definition) is 2. The van der Waals surface area contributed by atoms with Crippen LogP contribution in [0.4, 0.5) is 5.69 Å². The van der Waals surface area contributed by atoms with Crippen LogP contribution in [0.25, 0.3) is 0 Å². The molecule has 1 aliphatic carbocycles. The Hall–Kier alpha value is -1.35. The zero-order valence-electron chi connectivity index (χ0n) is 10.8. The molecule has 1 aromatic carbocycles. The Balaban J connectivity index is 1.91. The lowest BCUT2D eigenvalue weighted by molar-refractivity contribution is 0.0985. The van der Waals surface area contributed by atoms with Crippen LogP contribution in [0.3, 0.4) is 0 Å². The molecule has 0 amide bonds. The lowest BCUT2D eigenvalue weighted by Gasteiger charge is -2.12. The highest BCUT2D eigenvalue weighted by Gasteiger charge is 2.14. The number of nitrogens with two attached hydrogens (primary N) is 1. The van der Waals surface area contributed by atoms with Gasteiger partial charge in [-0.15, -0.1) is 0 Å². The molecule has 0 aliphatic heterocycles. The minimum Gasteiger partial charge on any atom is -0.385 e. The van der Waals surface area contributed by atoms with Crippen molar-refractivity contribution in [1.29, 1.82) is 0 Å². The van der Waals surface area contributed by atoms with Crippen molar-refractivity contribution < 1.29 is 4.79 Å². The summed E-state index contributed by atoms with van der Waals surface area (Å²) < 4.78 is 0. The molecule has 2 rings (SSSR count). The van der Waals surface area contributed by atoms with Gasteiger partial charge in [-0.05, 0) is 37.4 Å². The molecule has 3 N–H and O–H groups in total. The monoisotopic (exact) mass is 246 g/mol. The fourth-order valence-electron chi connectivity index (χ4n) is 2.55. The lowest BCUT2D eigenvalue weighted by Crippen LogP contribution is -2.12. The molecule has 18 heavy (non-hydrogen) atoms. The Morgan fingerprint density at radius 3 is 2.83 bits per heavy atom. The number of rotatable bonds is 6. The summed E-state index contributed by atoms with van der Waals surface area (Å²) in [4.78, 5) is 11.7. The van der Waals surface area contributed by atoms with Gasteiger partial charge in [0.25, 0.3) is 0 Å². The van der Waals surface area contributed by atoms with Crippen LogP contribution in [0.5, 0.6) is 0 Å². The highest BCUT2D eigenvalue weighted by atomic mass is 16.1. The Morgan fingerprint density at radius 2 is 2.11 bits per heavy atom. The third-order valence-corrected chi connectivity index (χ3v) is 3.63. The van der Waals surface area contributed by atoms with Crippen molar-refractivity contribution in [2.24, 2.45) is 11.7 Å². The van der Waals surface area contributed by atoms with E-state index >= 15 is 0 Å². The van der Waals surface area contributed by atoms with E-state index in [4.69, 9.17) is 5.73 Å². The van der Waals surface area contributed by atoms with Crippen LogP contribution < -0.4 is 11.1 Å². The zero-order chi connectivity index (χ0) is 12.8. The average molecular weight is 246 g/mol. The molecule has 1 aliphatic rings. The van der Waals surface area contributed by atoms with E-state index in [2.05, 4.69) is 5.32 Å². The Bertz CT molecular complexity index is 397. The minimum absolute atomic E-state index is 0.127. The van der Waals surface area contributed by atoms with Gasteiger partial charge >= 0.3 is 0 Å². The molecule has 0 aromatic heterocycles. The molecule has 1 fully saturated rings. The maximum absolute atomic E-state index is 11.7. The summed E-state index contributed by atoms with van der Waals surface area (Å²) in [7, 11) is 0. The van der Waals surface area contributed by atoms with E-state index in [1.807, 2.05) is 24.3 Å². The zero-order valence-corrected chi connectivity index (χ0v) is 10.8. The molecular formula is C15H22N2O. The number of benzene rings is 1. The lowest BCUT2D eigenvalue weighted by atomic mass is 10.1. The molecule has 1 aromatic rings. The largest absolute Gasteiger partial charge is 0.385 e. The Morgan fingerprint density at radius 1 is 1.33 bits per heavy atom. The molecule has 0 spiro atoms. The van der Waals surface area contributed by atoms with Crippen LogP contribution in [0.15, 0.2) is 24.3 Å². The molecule has 0 heterocycles. The standard InChI is InChI=1S/C15H22N2O/c16-9-8-15(18)13-6-3-7-14(10-13)17-11-12-4-1-2-5-12/h3,6-7,10,12,17H,1-2,4-5,8-9,11,16H2. The summed E-state index contributed by atoms with van der Waals surface area (Å²) in [5.41, 5.74) is 7.22. The first kappa shape index (κ1) is 13.1. The molecule has 98 valence electrons. The maximum Gasteiger partial charge on any atom is 0.164 e. The van der Waals surface area contributed by atoms with E-state index in [1.165, 1.54) is 25.7 Å². The molecule has 1 saturated carbocycles. The SMILES string of the molecule is NCCC(=O)c1cccc(NCC2CCCC2)c1. The van der Waals surface area contributed by atoms with E-state index in [1.54, 1.807) is 0 Å². The van der Waals surface area contributed by atoms with Gasteiger partial charge in [0, 0.05) is 24.2 Å². The molecule has 3 heteroatoms.